The highest BCUT2D eigenvalue weighted by Gasteiger charge is 2.20. The summed E-state index contributed by atoms with van der Waals surface area (Å²) in [6.45, 7) is 0.420. The van der Waals surface area contributed by atoms with Crippen molar-refractivity contribution in [1.82, 2.24) is 5.32 Å². The van der Waals surface area contributed by atoms with Gasteiger partial charge < -0.3 is 10.1 Å². The molecule has 0 aliphatic heterocycles. The predicted molar refractivity (Wildman–Crippen MR) is 93.7 cm³/mol. The number of aryl methyl sites for hydroxylation is 1. The third kappa shape index (κ3) is 4.35. The van der Waals surface area contributed by atoms with Crippen LogP contribution in [-0.2, 0) is 11.2 Å². The van der Waals surface area contributed by atoms with Gasteiger partial charge in [-0.05, 0) is 36.5 Å². The number of benzene rings is 2. The summed E-state index contributed by atoms with van der Waals surface area (Å²) in [5.41, 5.74) is 2.62. The zero-order valence-electron chi connectivity index (χ0n) is 13.8. The smallest absolute Gasteiger partial charge is 0.273 e. The number of non-ortho nitro benzene ring substituents is 1. The molecule has 2 aromatic rings. The number of ether oxygens (including phenoxy) is 1. The molecule has 6 nitrogen and oxygen atoms in total. The average Bonchev–Trinajstić information content (AvgIpc) is 2.65. The van der Waals surface area contributed by atoms with Crippen LogP contribution >= 0.6 is 0 Å². The lowest BCUT2D eigenvalue weighted by Gasteiger charge is -2.25. The monoisotopic (exact) mass is 340 g/mol. The quantitative estimate of drug-likeness (QED) is 0.647. The second-order valence-corrected chi connectivity index (χ2v) is 6.14. The molecule has 0 bridgehead atoms. The van der Waals surface area contributed by atoms with E-state index in [0.717, 1.165) is 19.3 Å². The highest BCUT2D eigenvalue weighted by molar-refractivity contribution is 5.77. The van der Waals surface area contributed by atoms with Crippen molar-refractivity contribution in [2.24, 2.45) is 0 Å². The van der Waals surface area contributed by atoms with Crippen LogP contribution in [0.3, 0.4) is 0 Å². The Kier molecular flexibility index (Phi) is 5.28. The third-order valence-corrected chi connectivity index (χ3v) is 4.44. The number of fused-ring (bicyclic) bond motifs is 1. The van der Waals surface area contributed by atoms with Gasteiger partial charge in [0.15, 0.2) is 6.61 Å². The van der Waals surface area contributed by atoms with E-state index in [1.807, 2.05) is 12.1 Å². The molecule has 0 fully saturated rings. The molecule has 1 aliphatic rings. The van der Waals surface area contributed by atoms with E-state index >= 15 is 0 Å². The Morgan fingerprint density at radius 1 is 1.24 bits per heavy atom. The fraction of sp³-hybridized carbons (Fsp3) is 0.316. The minimum Gasteiger partial charge on any atom is -0.484 e. The van der Waals surface area contributed by atoms with E-state index in [-0.39, 0.29) is 18.2 Å². The zero-order valence-corrected chi connectivity index (χ0v) is 13.8. The Morgan fingerprint density at radius 2 is 2.08 bits per heavy atom. The minimum absolute atomic E-state index is 0.0586. The summed E-state index contributed by atoms with van der Waals surface area (Å²) in [7, 11) is 0. The van der Waals surface area contributed by atoms with Crippen LogP contribution in [-0.4, -0.2) is 24.0 Å². The normalized spacial score (nSPS) is 15.9. The molecule has 3 rings (SSSR count). The molecule has 0 radical (unpaired) electrons. The van der Waals surface area contributed by atoms with Gasteiger partial charge in [0.1, 0.15) is 5.75 Å². The molecule has 1 amide bonds. The van der Waals surface area contributed by atoms with Gasteiger partial charge in [-0.3, -0.25) is 14.9 Å². The van der Waals surface area contributed by atoms with Gasteiger partial charge >= 0.3 is 0 Å². The summed E-state index contributed by atoms with van der Waals surface area (Å²) < 4.78 is 5.35. The van der Waals surface area contributed by atoms with Gasteiger partial charge in [0.25, 0.3) is 11.6 Å². The van der Waals surface area contributed by atoms with Crippen molar-refractivity contribution in [2.75, 3.05) is 13.2 Å². The Morgan fingerprint density at radius 3 is 2.92 bits per heavy atom. The van der Waals surface area contributed by atoms with E-state index in [4.69, 9.17) is 4.74 Å². The fourth-order valence-corrected chi connectivity index (χ4v) is 3.19. The van der Waals surface area contributed by atoms with Crippen LogP contribution in [0.4, 0.5) is 5.69 Å². The number of nitrogens with one attached hydrogen (secondary N) is 1. The zero-order chi connectivity index (χ0) is 17.6. The lowest BCUT2D eigenvalue weighted by Crippen LogP contribution is -2.33. The van der Waals surface area contributed by atoms with E-state index in [0.29, 0.717) is 18.2 Å². The molecule has 1 atom stereocenters. The van der Waals surface area contributed by atoms with Crippen LogP contribution in [0.25, 0.3) is 0 Å². The van der Waals surface area contributed by atoms with Gasteiger partial charge in [-0.2, -0.15) is 0 Å². The first-order chi connectivity index (χ1) is 12.1. The molecule has 0 aromatic heterocycles. The minimum atomic E-state index is -0.493. The summed E-state index contributed by atoms with van der Waals surface area (Å²) in [6, 6.07) is 14.2. The molecular formula is C19H20N2O4. The molecule has 0 saturated carbocycles. The van der Waals surface area contributed by atoms with Gasteiger partial charge in [0.2, 0.25) is 0 Å². The molecule has 25 heavy (non-hydrogen) atoms. The van der Waals surface area contributed by atoms with Gasteiger partial charge in [-0.1, -0.05) is 30.3 Å². The maximum atomic E-state index is 12.0. The van der Waals surface area contributed by atoms with E-state index in [1.54, 1.807) is 6.07 Å². The number of nitro benzene ring substituents is 1. The largest absolute Gasteiger partial charge is 0.484 e. The number of nitrogens with zero attached hydrogens (tertiary/aromatic N) is 1. The molecule has 6 heteroatoms. The van der Waals surface area contributed by atoms with Gasteiger partial charge in [0, 0.05) is 18.5 Å². The molecule has 1 aliphatic carbocycles. The molecular weight excluding hydrogens is 320 g/mol. The van der Waals surface area contributed by atoms with Crippen LogP contribution in [0.15, 0.2) is 48.5 Å². The molecule has 1 N–H and O–H groups in total. The van der Waals surface area contributed by atoms with Crippen molar-refractivity contribution >= 4 is 11.6 Å². The summed E-state index contributed by atoms with van der Waals surface area (Å²) >= 11 is 0. The number of amides is 1. The fourth-order valence-electron chi connectivity index (χ4n) is 3.19. The van der Waals surface area contributed by atoms with E-state index < -0.39 is 4.92 Å². The molecule has 0 heterocycles. The highest BCUT2D eigenvalue weighted by Crippen LogP contribution is 2.30. The number of hydrogen-bond acceptors (Lipinski definition) is 4. The predicted octanol–water partition coefficient (Wildman–Crippen LogP) is 3.21. The average molecular weight is 340 g/mol. The van der Waals surface area contributed by atoms with Crippen LogP contribution in [0.1, 0.15) is 29.9 Å². The summed E-state index contributed by atoms with van der Waals surface area (Å²) in [6.07, 6.45) is 3.28. The van der Waals surface area contributed by atoms with Crippen LogP contribution < -0.4 is 10.1 Å². The first kappa shape index (κ1) is 17.0. The lowest BCUT2D eigenvalue weighted by molar-refractivity contribution is -0.384. The maximum absolute atomic E-state index is 12.0. The number of rotatable bonds is 6. The topological polar surface area (TPSA) is 81.5 Å². The molecule has 0 spiro atoms. The van der Waals surface area contributed by atoms with Crippen molar-refractivity contribution in [3.63, 3.8) is 0 Å². The van der Waals surface area contributed by atoms with Crippen LogP contribution in [0.2, 0.25) is 0 Å². The number of hydrogen-bond donors (Lipinski definition) is 1. The van der Waals surface area contributed by atoms with Crippen molar-refractivity contribution in [1.29, 1.82) is 0 Å². The SMILES string of the molecule is O=C(COc1cccc([N+](=O)[O-])c1)NCC1CCCc2ccccc21. The van der Waals surface area contributed by atoms with Crippen molar-refractivity contribution in [2.45, 2.75) is 25.2 Å². The summed E-state index contributed by atoms with van der Waals surface area (Å²) in [5.74, 6) is 0.411. The van der Waals surface area contributed by atoms with Crippen molar-refractivity contribution < 1.29 is 14.5 Å². The van der Waals surface area contributed by atoms with Gasteiger partial charge in [-0.15, -0.1) is 0 Å². The van der Waals surface area contributed by atoms with Crippen LogP contribution in [0, 0.1) is 10.1 Å². The van der Waals surface area contributed by atoms with E-state index in [1.165, 1.54) is 29.3 Å². The third-order valence-electron chi connectivity index (χ3n) is 4.44. The standard InChI is InChI=1S/C19H20N2O4/c22-19(13-25-17-9-4-8-16(11-17)21(23)24)20-12-15-7-3-6-14-5-1-2-10-18(14)15/h1-2,4-5,8-11,15H,3,6-7,12-13H2,(H,20,22). The Labute approximate surface area is 146 Å². The Bertz CT molecular complexity index is 776. The maximum Gasteiger partial charge on any atom is 0.273 e. The van der Waals surface area contributed by atoms with Gasteiger partial charge in [-0.25, -0.2) is 0 Å². The van der Waals surface area contributed by atoms with Crippen LogP contribution in [0.5, 0.6) is 5.75 Å². The second-order valence-electron chi connectivity index (χ2n) is 6.14. The Hall–Kier alpha value is -2.89. The van der Waals surface area contributed by atoms with Crippen molar-refractivity contribution in [3.05, 3.63) is 69.8 Å². The number of nitro groups is 1. The van der Waals surface area contributed by atoms with Gasteiger partial charge in [0.05, 0.1) is 11.0 Å². The lowest BCUT2D eigenvalue weighted by atomic mass is 9.83. The molecule has 130 valence electrons. The molecule has 2 aromatic carbocycles. The Balaban J connectivity index is 1.51. The summed E-state index contributed by atoms with van der Waals surface area (Å²) in [4.78, 5) is 22.3. The highest BCUT2D eigenvalue weighted by atomic mass is 16.6. The summed E-state index contributed by atoms with van der Waals surface area (Å²) in [5, 5.41) is 13.6. The van der Waals surface area contributed by atoms with E-state index in [9.17, 15) is 14.9 Å². The molecule has 0 saturated heterocycles. The molecule has 1 unspecified atom stereocenters. The number of carbonyl (C=O) groups is 1. The van der Waals surface area contributed by atoms with Crippen molar-refractivity contribution in [3.8, 4) is 5.75 Å². The first-order valence-electron chi connectivity index (χ1n) is 8.35. The number of carbonyl (C=O) groups excluding carboxylic acids is 1. The van der Waals surface area contributed by atoms with E-state index in [2.05, 4.69) is 17.4 Å². The second kappa shape index (κ2) is 7.79. The first-order valence-corrected chi connectivity index (χ1v) is 8.35.